The van der Waals surface area contributed by atoms with Gasteiger partial charge in [0.2, 0.25) is 0 Å². The third-order valence-electron chi connectivity index (χ3n) is 6.10. The molecule has 3 heterocycles. The van der Waals surface area contributed by atoms with E-state index in [0.29, 0.717) is 17.4 Å². The fourth-order valence-electron chi connectivity index (χ4n) is 4.78. The van der Waals surface area contributed by atoms with Crippen molar-refractivity contribution in [3.8, 4) is 0 Å². The molecule has 5 atom stereocenters. The number of fused-ring (bicyclic) bond motifs is 1. The van der Waals surface area contributed by atoms with Crippen molar-refractivity contribution in [2.75, 3.05) is 11.9 Å². The molecule has 0 amide bonds. The lowest BCUT2D eigenvalue weighted by Gasteiger charge is -2.30. The number of nitrogens with one attached hydrogen (secondary N) is 2. The zero-order chi connectivity index (χ0) is 20.9. The van der Waals surface area contributed by atoms with E-state index in [1.165, 1.54) is 12.1 Å². The van der Waals surface area contributed by atoms with E-state index >= 15 is 0 Å². The monoisotopic (exact) mass is 438 g/mol. The second kappa shape index (κ2) is 7.65. The number of benzene rings is 1. The highest BCUT2D eigenvalue weighted by atomic mass is 32.1. The van der Waals surface area contributed by atoms with Gasteiger partial charge >= 0.3 is 0 Å². The first-order chi connectivity index (χ1) is 14.3. The highest BCUT2D eigenvalue weighted by Crippen LogP contribution is 2.44. The Bertz CT molecular complexity index is 801. The molecule has 4 fully saturated rings. The molecule has 3 aliphatic heterocycles. The molecule has 1 spiro atoms. The summed E-state index contributed by atoms with van der Waals surface area (Å²) in [5, 5.41) is 6.80. The van der Waals surface area contributed by atoms with Gasteiger partial charge in [-0.15, -0.1) is 0 Å². The van der Waals surface area contributed by atoms with Crippen LogP contribution in [0.2, 0.25) is 0 Å². The van der Waals surface area contributed by atoms with Gasteiger partial charge in [-0.3, -0.25) is 0 Å². The summed E-state index contributed by atoms with van der Waals surface area (Å²) < 4.78 is 43.9. The van der Waals surface area contributed by atoms with Crippen LogP contribution in [0.25, 0.3) is 0 Å². The molecule has 2 N–H and O–H groups in total. The number of anilines is 1. The number of hydrogen-bond acceptors (Lipinski definition) is 6. The third kappa shape index (κ3) is 3.94. The van der Waals surface area contributed by atoms with Gasteiger partial charge < -0.3 is 34.3 Å². The van der Waals surface area contributed by atoms with Crippen LogP contribution in [0, 0.1) is 5.82 Å². The Kier molecular flexibility index (Phi) is 5.24. The van der Waals surface area contributed by atoms with Crippen LogP contribution in [0.4, 0.5) is 10.1 Å². The minimum atomic E-state index is -0.744. The summed E-state index contributed by atoms with van der Waals surface area (Å²) in [4.78, 5) is 0. The minimum Gasteiger partial charge on any atom is -0.354 e. The van der Waals surface area contributed by atoms with Gasteiger partial charge in [-0.05, 0) is 63.2 Å². The van der Waals surface area contributed by atoms with Crippen LogP contribution >= 0.6 is 12.2 Å². The first-order valence-electron chi connectivity index (χ1n) is 10.5. The van der Waals surface area contributed by atoms with E-state index in [2.05, 4.69) is 10.6 Å². The summed E-state index contributed by atoms with van der Waals surface area (Å²) >= 11 is 5.51. The molecule has 9 heteroatoms. The Morgan fingerprint density at radius 1 is 1.07 bits per heavy atom. The first-order valence-corrected chi connectivity index (χ1v) is 10.9. The second-order valence-corrected chi connectivity index (χ2v) is 9.19. The van der Waals surface area contributed by atoms with Crippen molar-refractivity contribution in [3.63, 3.8) is 0 Å². The summed E-state index contributed by atoms with van der Waals surface area (Å²) in [6.07, 6.45) is 2.59. The van der Waals surface area contributed by atoms with Crippen LogP contribution in [0.1, 0.15) is 39.5 Å². The lowest BCUT2D eigenvalue weighted by atomic mass is 10.0. The lowest BCUT2D eigenvalue weighted by molar-refractivity contribution is -0.226. The van der Waals surface area contributed by atoms with Crippen LogP contribution < -0.4 is 10.6 Å². The van der Waals surface area contributed by atoms with Crippen molar-refractivity contribution in [1.82, 2.24) is 5.32 Å². The Morgan fingerprint density at radius 3 is 2.53 bits per heavy atom. The highest BCUT2D eigenvalue weighted by molar-refractivity contribution is 7.80. The average Bonchev–Trinajstić information content (AvgIpc) is 3.44. The molecule has 0 radical (unpaired) electrons. The minimum absolute atomic E-state index is 0.241. The molecule has 4 aliphatic rings. The van der Waals surface area contributed by atoms with Gasteiger partial charge in [0.1, 0.15) is 24.1 Å². The largest absolute Gasteiger partial charge is 0.354 e. The molecular formula is C21H27FN2O5S. The molecule has 7 nitrogen and oxygen atoms in total. The predicted octanol–water partition coefficient (Wildman–Crippen LogP) is 3.04. The van der Waals surface area contributed by atoms with Gasteiger partial charge in [0.25, 0.3) is 0 Å². The zero-order valence-electron chi connectivity index (χ0n) is 17.1. The van der Waals surface area contributed by atoms with Gasteiger partial charge in [-0.2, -0.15) is 0 Å². The Hall–Kier alpha value is -1.36. The van der Waals surface area contributed by atoms with Crippen molar-refractivity contribution in [1.29, 1.82) is 0 Å². The molecule has 1 aromatic carbocycles. The molecule has 30 heavy (non-hydrogen) atoms. The zero-order valence-corrected chi connectivity index (χ0v) is 17.9. The lowest BCUT2D eigenvalue weighted by Crippen LogP contribution is -2.53. The summed E-state index contributed by atoms with van der Waals surface area (Å²) in [5.41, 5.74) is 0.690. The van der Waals surface area contributed by atoms with Crippen LogP contribution in [0.3, 0.4) is 0 Å². The normalized spacial score (nSPS) is 36.2. The molecule has 1 saturated carbocycles. The Balaban J connectivity index is 1.30. The quantitative estimate of drug-likeness (QED) is 0.698. The second-order valence-electron chi connectivity index (χ2n) is 8.79. The third-order valence-corrected chi connectivity index (χ3v) is 6.32. The van der Waals surface area contributed by atoms with Crippen LogP contribution in [-0.4, -0.2) is 53.9 Å². The van der Waals surface area contributed by atoms with Gasteiger partial charge in [-0.25, -0.2) is 4.39 Å². The molecule has 3 saturated heterocycles. The molecule has 0 aromatic heterocycles. The van der Waals surface area contributed by atoms with E-state index in [9.17, 15) is 4.39 Å². The number of ether oxygens (including phenoxy) is 5. The van der Waals surface area contributed by atoms with E-state index in [0.717, 1.165) is 25.7 Å². The molecule has 164 valence electrons. The van der Waals surface area contributed by atoms with E-state index in [1.54, 1.807) is 12.1 Å². The van der Waals surface area contributed by atoms with Gasteiger partial charge in [0, 0.05) is 18.5 Å². The number of thiocarbonyl (C=S) groups is 1. The maximum absolute atomic E-state index is 13.2. The van der Waals surface area contributed by atoms with E-state index < -0.39 is 17.9 Å². The first kappa shape index (κ1) is 20.5. The van der Waals surface area contributed by atoms with Crippen LogP contribution in [-0.2, 0) is 23.7 Å². The fraction of sp³-hybridized carbons (Fsp3) is 0.667. The van der Waals surface area contributed by atoms with Gasteiger partial charge in [0.05, 0.1) is 12.6 Å². The van der Waals surface area contributed by atoms with Crippen molar-refractivity contribution in [3.05, 3.63) is 30.1 Å². The molecule has 1 aliphatic carbocycles. The SMILES string of the molecule is CC1(C)O[C@H]2O[C@H]([C@H]3COC4(CCCC4)O3)[C@@H](NC(=S)Nc3ccc(F)cc3)[C@H]2O1. The topological polar surface area (TPSA) is 70.2 Å². The standard InChI is InChI=1S/C21H27FN2O5S/c1-20(2)28-17-15(24-19(30)23-13-7-5-12(22)6-8-13)16(26-18(17)29-20)14-11-25-21(27-14)9-3-4-10-21/h5-8,14-18H,3-4,9-11H2,1-2H3,(H2,23,24,30)/t14-,15-,16-,17-,18-/m1/s1. The summed E-state index contributed by atoms with van der Waals surface area (Å²) in [6.45, 7) is 4.18. The van der Waals surface area contributed by atoms with Crippen molar-refractivity contribution >= 4 is 23.0 Å². The predicted molar refractivity (Wildman–Crippen MR) is 110 cm³/mol. The summed E-state index contributed by atoms with van der Waals surface area (Å²) in [6, 6.07) is 5.73. The Labute approximate surface area is 180 Å². The number of halogens is 1. The van der Waals surface area contributed by atoms with Crippen molar-refractivity contribution < 1.29 is 28.1 Å². The average molecular weight is 439 g/mol. The van der Waals surface area contributed by atoms with Crippen LogP contribution in [0.5, 0.6) is 0 Å². The van der Waals surface area contributed by atoms with E-state index in [1.807, 2.05) is 13.8 Å². The Morgan fingerprint density at radius 2 is 1.80 bits per heavy atom. The maximum Gasteiger partial charge on any atom is 0.189 e. The van der Waals surface area contributed by atoms with Crippen molar-refractivity contribution in [2.24, 2.45) is 0 Å². The van der Waals surface area contributed by atoms with Gasteiger partial charge in [-0.1, -0.05) is 0 Å². The molecule has 0 bridgehead atoms. The molecular weight excluding hydrogens is 411 g/mol. The summed E-state index contributed by atoms with van der Waals surface area (Å²) in [5.74, 6) is -1.53. The number of hydrogen-bond donors (Lipinski definition) is 2. The van der Waals surface area contributed by atoms with Crippen molar-refractivity contribution in [2.45, 2.75) is 81.7 Å². The highest BCUT2D eigenvalue weighted by Gasteiger charge is 2.59. The van der Waals surface area contributed by atoms with E-state index in [4.69, 9.17) is 35.9 Å². The molecule has 1 aromatic rings. The molecule has 0 unspecified atom stereocenters. The summed E-state index contributed by atoms with van der Waals surface area (Å²) in [7, 11) is 0. The fourth-order valence-corrected chi connectivity index (χ4v) is 5.04. The molecule has 5 rings (SSSR count). The maximum atomic E-state index is 13.2. The number of rotatable bonds is 3. The van der Waals surface area contributed by atoms with E-state index in [-0.39, 0.29) is 30.2 Å². The van der Waals surface area contributed by atoms with Crippen LogP contribution in [0.15, 0.2) is 24.3 Å². The smallest absolute Gasteiger partial charge is 0.189 e. The van der Waals surface area contributed by atoms with Gasteiger partial charge in [0.15, 0.2) is 23.0 Å².